The summed E-state index contributed by atoms with van der Waals surface area (Å²) in [5, 5.41) is 13.8. The van der Waals surface area contributed by atoms with Crippen molar-refractivity contribution in [1.82, 2.24) is 19.8 Å². The van der Waals surface area contributed by atoms with Crippen molar-refractivity contribution in [2.24, 2.45) is 0 Å². The van der Waals surface area contributed by atoms with Crippen LogP contribution >= 0.6 is 23.1 Å². The summed E-state index contributed by atoms with van der Waals surface area (Å²) in [4.78, 5) is 25.0. The molecule has 14 heteroatoms. The lowest BCUT2D eigenvalue weighted by Gasteiger charge is -2.18. The van der Waals surface area contributed by atoms with Crippen LogP contribution in [0.4, 0.5) is 5.13 Å². The molecule has 0 bridgehead atoms. The van der Waals surface area contributed by atoms with Crippen LogP contribution in [-0.2, 0) is 21.2 Å². The SMILES string of the molecule is CCN(CC)S(=O)(=O)c1ccc(C(=O)Nc2nnc(SCC(=O)NCCc3ccc(OC)c(OC)c3)s2)cc1. The highest BCUT2D eigenvalue weighted by molar-refractivity contribution is 8.01. The summed E-state index contributed by atoms with van der Waals surface area (Å²) in [6.45, 7) is 4.72. The largest absolute Gasteiger partial charge is 0.493 e. The maximum Gasteiger partial charge on any atom is 0.257 e. The van der Waals surface area contributed by atoms with Crippen molar-refractivity contribution in [1.29, 1.82) is 0 Å². The van der Waals surface area contributed by atoms with Crippen LogP contribution in [0, 0.1) is 0 Å². The second kappa shape index (κ2) is 14.3. The first kappa shape index (κ1) is 30.3. The number of rotatable bonds is 14. The second-order valence-corrected chi connectivity index (χ2v) is 12.2. The normalized spacial score (nSPS) is 11.3. The van der Waals surface area contributed by atoms with E-state index < -0.39 is 15.9 Å². The average Bonchev–Trinajstić information content (AvgIpc) is 3.39. The lowest BCUT2D eigenvalue weighted by molar-refractivity contribution is -0.118. The number of anilines is 1. The van der Waals surface area contributed by atoms with Crippen LogP contribution in [0.2, 0.25) is 0 Å². The van der Waals surface area contributed by atoms with Gasteiger partial charge in [-0.15, -0.1) is 10.2 Å². The highest BCUT2D eigenvalue weighted by atomic mass is 32.2. The topological polar surface area (TPSA) is 140 Å². The van der Waals surface area contributed by atoms with Crippen LogP contribution in [-0.4, -0.2) is 74.3 Å². The Morgan fingerprint density at radius 2 is 1.69 bits per heavy atom. The Labute approximate surface area is 236 Å². The van der Waals surface area contributed by atoms with Crippen molar-refractivity contribution in [3.63, 3.8) is 0 Å². The molecule has 0 saturated carbocycles. The molecule has 0 spiro atoms. The van der Waals surface area contributed by atoms with E-state index >= 15 is 0 Å². The van der Waals surface area contributed by atoms with Crippen LogP contribution < -0.4 is 20.1 Å². The van der Waals surface area contributed by atoms with Crippen molar-refractivity contribution >= 4 is 50.1 Å². The summed E-state index contributed by atoms with van der Waals surface area (Å²) in [6, 6.07) is 11.3. The molecule has 0 aliphatic carbocycles. The predicted octanol–water partition coefficient (Wildman–Crippen LogP) is 3.29. The zero-order valence-corrected chi connectivity index (χ0v) is 24.5. The zero-order chi connectivity index (χ0) is 28.4. The van der Waals surface area contributed by atoms with Crippen molar-refractivity contribution in [2.75, 3.05) is 44.9 Å². The van der Waals surface area contributed by atoms with Gasteiger partial charge in [0.25, 0.3) is 5.91 Å². The molecule has 11 nitrogen and oxygen atoms in total. The van der Waals surface area contributed by atoms with Gasteiger partial charge in [0.1, 0.15) is 0 Å². The standard InChI is InChI=1S/C25H31N5O6S3/c1-5-30(6-2)39(33,34)19-10-8-18(9-11-19)23(32)27-24-28-29-25(38-24)37-16-22(31)26-14-13-17-7-12-20(35-3)21(15-17)36-4/h7-12,15H,5-6,13-14,16H2,1-4H3,(H,26,31)(H,27,28,32). The molecule has 0 atom stereocenters. The number of carbonyl (C=O) groups is 2. The molecule has 2 aromatic carbocycles. The van der Waals surface area contributed by atoms with Gasteiger partial charge in [-0.3, -0.25) is 14.9 Å². The summed E-state index contributed by atoms with van der Waals surface area (Å²) < 4.78 is 37.6. The van der Waals surface area contributed by atoms with E-state index in [0.717, 1.165) is 16.9 Å². The third kappa shape index (κ3) is 8.14. The predicted molar refractivity (Wildman–Crippen MR) is 151 cm³/mol. The fourth-order valence-electron chi connectivity index (χ4n) is 3.54. The number of hydrogen-bond acceptors (Lipinski definition) is 10. The molecule has 2 N–H and O–H groups in total. The molecule has 0 aliphatic rings. The number of nitrogens with one attached hydrogen (secondary N) is 2. The Morgan fingerprint density at radius 3 is 2.33 bits per heavy atom. The summed E-state index contributed by atoms with van der Waals surface area (Å²) in [7, 11) is -0.451. The number of amides is 2. The number of sulfonamides is 1. The molecular formula is C25H31N5O6S3. The van der Waals surface area contributed by atoms with E-state index in [2.05, 4.69) is 20.8 Å². The fraction of sp³-hybridized carbons (Fsp3) is 0.360. The van der Waals surface area contributed by atoms with E-state index in [4.69, 9.17) is 9.47 Å². The third-order valence-corrected chi connectivity index (χ3v) is 9.63. The summed E-state index contributed by atoms with van der Waals surface area (Å²) in [6.07, 6.45) is 0.633. The molecule has 0 saturated heterocycles. The Hall–Kier alpha value is -3.20. The van der Waals surface area contributed by atoms with Gasteiger partial charge in [-0.05, 0) is 48.4 Å². The monoisotopic (exact) mass is 593 g/mol. The summed E-state index contributed by atoms with van der Waals surface area (Å²) >= 11 is 2.36. The number of hydrogen-bond donors (Lipinski definition) is 2. The fourth-order valence-corrected chi connectivity index (χ4v) is 6.57. The molecule has 1 heterocycles. The minimum Gasteiger partial charge on any atom is -0.493 e. The van der Waals surface area contributed by atoms with Gasteiger partial charge in [0, 0.05) is 25.2 Å². The number of carbonyl (C=O) groups excluding carboxylic acids is 2. The Bertz CT molecular complexity index is 1380. The lowest BCUT2D eigenvalue weighted by Crippen LogP contribution is -2.30. The minimum absolute atomic E-state index is 0.124. The van der Waals surface area contributed by atoms with Crippen LogP contribution in [0.3, 0.4) is 0 Å². The minimum atomic E-state index is -3.60. The van der Waals surface area contributed by atoms with E-state index in [0.29, 0.717) is 41.9 Å². The van der Waals surface area contributed by atoms with Crippen LogP contribution in [0.5, 0.6) is 11.5 Å². The van der Waals surface area contributed by atoms with Gasteiger partial charge < -0.3 is 14.8 Å². The van der Waals surface area contributed by atoms with Crippen molar-refractivity contribution in [3.05, 3.63) is 53.6 Å². The first-order chi connectivity index (χ1) is 18.7. The Balaban J connectivity index is 1.46. The summed E-state index contributed by atoms with van der Waals surface area (Å²) in [5.74, 6) is 0.838. The molecule has 3 rings (SSSR count). The van der Waals surface area contributed by atoms with Crippen molar-refractivity contribution in [2.45, 2.75) is 29.5 Å². The first-order valence-electron chi connectivity index (χ1n) is 12.1. The molecule has 3 aromatic rings. The van der Waals surface area contributed by atoms with Gasteiger partial charge >= 0.3 is 0 Å². The molecule has 1 aromatic heterocycles. The maximum absolute atomic E-state index is 12.6. The van der Waals surface area contributed by atoms with Gasteiger partial charge in [0.05, 0.1) is 24.9 Å². The van der Waals surface area contributed by atoms with Gasteiger partial charge in [-0.1, -0.05) is 43.0 Å². The highest BCUT2D eigenvalue weighted by Gasteiger charge is 2.22. The van der Waals surface area contributed by atoms with Gasteiger partial charge in [-0.25, -0.2) is 8.42 Å². The zero-order valence-electron chi connectivity index (χ0n) is 22.1. The van der Waals surface area contributed by atoms with Crippen LogP contribution in [0.1, 0.15) is 29.8 Å². The third-order valence-electron chi connectivity index (χ3n) is 5.60. The number of methoxy groups -OCH3 is 2. The smallest absolute Gasteiger partial charge is 0.257 e. The maximum atomic E-state index is 12.6. The molecule has 2 amide bonds. The van der Waals surface area contributed by atoms with Crippen LogP contribution in [0.25, 0.3) is 0 Å². The number of ether oxygens (including phenoxy) is 2. The molecule has 0 fully saturated rings. The summed E-state index contributed by atoms with van der Waals surface area (Å²) in [5.41, 5.74) is 1.29. The average molecular weight is 594 g/mol. The van der Waals surface area contributed by atoms with E-state index in [1.165, 1.54) is 40.3 Å². The molecule has 39 heavy (non-hydrogen) atoms. The van der Waals surface area contributed by atoms with E-state index in [1.54, 1.807) is 28.1 Å². The first-order valence-corrected chi connectivity index (χ1v) is 15.3. The van der Waals surface area contributed by atoms with Crippen LogP contribution in [0.15, 0.2) is 51.7 Å². The van der Waals surface area contributed by atoms with Crippen molar-refractivity contribution in [3.8, 4) is 11.5 Å². The van der Waals surface area contributed by atoms with E-state index in [1.807, 2.05) is 18.2 Å². The van der Waals surface area contributed by atoms with Crippen molar-refractivity contribution < 1.29 is 27.5 Å². The number of nitrogens with zero attached hydrogens (tertiary/aromatic N) is 3. The van der Waals surface area contributed by atoms with Gasteiger partial charge in [0.2, 0.25) is 21.1 Å². The quantitative estimate of drug-likeness (QED) is 0.213. The van der Waals surface area contributed by atoms with Gasteiger partial charge in [0.15, 0.2) is 15.8 Å². The Morgan fingerprint density at radius 1 is 1.00 bits per heavy atom. The lowest BCUT2D eigenvalue weighted by atomic mass is 10.1. The number of aromatic nitrogens is 2. The number of thioether (sulfide) groups is 1. The molecule has 210 valence electrons. The molecule has 0 unspecified atom stereocenters. The molecular weight excluding hydrogens is 563 g/mol. The Kier molecular flexibility index (Phi) is 11.1. The number of benzene rings is 2. The van der Waals surface area contributed by atoms with E-state index in [9.17, 15) is 18.0 Å². The van der Waals surface area contributed by atoms with E-state index in [-0.39, 0.29) is 27.3 Å². The molecule has 0 aliphatic heterocycles. The van der Waals surface area contributed by atoms with Gasteiger partial charge in [-0.2, -0.15) is 4.31 Å². The second-order valence-electron chi connectivity index (χ2n) is 8.02. The highest BCUT2D eigenvalue weighted by Crippen LogP contribution is 2.28. The molecule has 0 radical (unpaired) electrons.